The molecule has 0 spiro atoms. The third kappa shape index (κ3) is 4.75. The normalized spacial score (nSPS) is 23.6. The standard InChI is InChI=1S/C24H30ClNO5/c1-2-3-6-16-11-23(28)31-20-13-21(19(25)12-18(16)20)30-15-22(27)26-10-9-24(29)8-5-4-7-17(24)14-26/h11-13,17,29H,2-10,14-15H2,1H3/t17-,24-/m1/s1. The maximum Gasteiger partial charge on any atom is 0.336 e. The number of benzene rings is 1. The van der Waals surface area contributed by atoms with Crippen molar-refractivity contribution in [1.82, 2.24) is 4.90 Å². The lowest BCUT2D eigenvalue weighted by atomic mass is 9.71. The number of ether oxygens (including phenoxy) is 1. The van der Waals surface area contributed by atoms with Gasteiger partial charge in [-0.25, -0.2) is 4.79 Å². The van der Waals surface area contributed by atoms with Crippen LogP contribution in [-0.4, -0.2) is 41.2 Å². The second-order valence-corrected chi connectivity index (χ2v) is 9.30. The molecule has 6 nitrogen and oxygen atoms in total. The SMILES string of the molecule is CCCCc1cc(=O)oc2cc(OCC(=O)N3CC[C@]4(O)CCCC[C@@H]4C3)c(Cl)cc12. The number of fused-ring (bicyclic) bond motifs is 2. The molecule has 2 atom stereocenters. The van der Waals surface area contributed by atoms with Crippen LogP contribution < -0.4 is 10.4 Å². The zero-order chi connectivity index (χ0) is 22.0. The summed E-state index contributed by atoms with van der Waals surface area (Å²) < 4.78 is 11.1. The molecule has 31 heavy (non-hydrogen) atoms. The summed E-state index contributed by atoms with van der Waals surface area (Å²) >= 11 is 6.42. The lowest BCUT2D eigenvalue weighted by Crippen LogP contribution is -2.55. The van der Waals surface area contributed by atoms with E-state index in [2.05, 4.69) is 6.92 Å². The van der Waals surface area contributed by atoms with Gasteiger partial charge in [0.05, 0.1) is 10.6 Å². The molecule has 2 heterocycles. The molecule has 1 saturated heterocycles. The Bertz CT molecular complexity index is 1020. The van der Waals surface area contributed by atoms with Gasteiger partial charge < -0.3 is 19.2 Å². The van der Waals surface area contributed by atoms with Gasteiger partial charge in [-0.2, -0.15) is 0 Å². The molecule has 1 aromatic heterocycles. The molecule has 168 valence electrons. The van der Waals surface area contributed by atoms with E-state index in [0.717, 1.165) is 55.9 Å². The molecule has 0 radical (unpaired) electrons. The Balaban J connectivity index is 1.45. The number of piperidine rings is 1. The van der Waals surface area contributed by atoms with E-state index in [1.165, 1.54) is 6.07 Å². The number of carbonyl (C=O) groups excluding carboxylic acids is 1. The first-order chi connectivity index (χ1) is 14.9. The minimum absolute atomic E-state index is 0.123. The molecule has 2 aliphatic rings. The highest BCUT2D eigenvalue weighted by atomic mass is 35.5. The molecule has 0 bridgehead atoms. The Morgan fingerprint density at radius 2 is 2.16 bits per heavy atom. The Labute approximate surface area is 187 Å². The van der Waals surface area contributed by atoms with Gasteiger partial charge in [-0.3, -0.25) is 4.79 Å². The molecule has 4 rings (SSSR count). The zero-order valence-corrected chi connectivity index (χ0v) is 18.7. The summed E-state index contributed by atoms with van der Waals surface area (Å²) in [6.07, 6.45) is 7.32. The first-order valence-electron chi connectivity index (χ1n) is 11.3. The highest BCUT2D eigenvalue weighted by Gasteiger charge is 2.43. The predicted octanol–water partition coefficient (Wildman–Crippen LogP) is 4.32. The number of hydrogen-bond acceptors (Lipinski definition) is 5. The first-order valence-corrected chi connectivity index (χ1v) is 11.7. The summed E-state index contributed by atoms with van der Waals surface area (Å²) in [5, 5.41) is 12.0. The smallest absolute Gasteiger partial charge is 0.336 e. The van der Waals surface area contributed by atoms with Crippen molar-refractivity contribution in [3.8, 4) is 5.75 Å². The summed E-state index contributed by atoms with van der Waals surface area (Å²) in [6, 6.07) is 4.85. The number of nitrogens with zero attached hydrogens (tertiary/aromatic N) is 1. The van der Waals surface area contributed by atoms with E-state index in [4.69, 9.17) is 20.8 Å². The molecule has 7 heteroatoms. The Morgan fingerprint density at radius 1 is 1.32 bits per heavy atom. The van der Waals surface area contributed by atoms with Gasteiger partial charge >= 0.3 is 5.63 Å². The number of carbonyl (C=O) groups is 1. The van der Waals surface area contributed by atoms with E-state index < -0.39 is 11.2 Å². The predicted molar refractivity (Wildman–Crippen MR) is 120 cm³/mol. The molecule has 1 amide bonds. The molecule has 2 fully saturated rings. The molecule has 1 saturated carbocycles. The molecule has 0 unspecified atom stereocenters. The topological polar surface area (TPSA) is 80.0 Å². The second-order valence-electron chi connectivity index (χ2n) is 8.90. The third-order valence-electron chi connectivity index (χ3n) is 6.81. The fourth-order valence-corrected chi connectivity index (χ4v) is 5.16. The van der Waals surface area contributed by atoms with Crippen LogP contribution in [0.15, 0.2) is 27.4 Å². The van der Waals surface area contributed by atoms with Gasteiger partial charge in [0, 0.05) is 36.5 Å². The quantitative estimate of drug-likeness (QED) is 0.667. The third-order valence-corrected chi connectivity index (χ3v) is 7.11. The lowest BCUT2D eigenvalue weighted by Gasteiger charge is -2.47. The van der Waals surface area contributed by atoms with Crippen LogP contribution in [0.25, 0.3) is 11.0 Å². The number of amides is 1. The Kier molecular flexibility index (Phi) is 6.58. The van der Waals surface area contributed by atoms with Crippen molar-refractivity contribution in [2.75, 3.05) is 19.7 Å². The largest absolute Gasteiger partial charge is 0.482 e. The molecule has 1 aromatic carbocycles. The number of aliphatic hydroxyl groups is 1. The molecular formula is C24H30ClNO5. The minimum atomic E-state index is -0.620. The van der Waals surface area contributed by atoms with Crippen LogP contribution in [0.1, 0.15) is 57.4 Å². The summed E-state index contributed by atoms with van der Waals surface area (Å²) in [4.78, 5) is 26.5. The summed E-state index contributed by atoms with van der Waals surface area (Å²) in [7, 11) is 0. The Hall–Kier alpha value is -2.05. The highest BCUT2D eigenvalue weighted by molar-refractivity contribution is 6.32. The van der Waals surface area contributed by atoms with Gasteiger partial charge in [0.2, 0.25) is 0 Å². The summed E-state index contributed by atoms with van der Waals surface area (Å²) in [5.41, 5.74) is 0.294. The van der Waals surface area contributed by atoms with Crippen LogP contribution >= 0.6 is 11.6 Å². The fraction of sp³-hybridized carbons (Fsp3) is 0.583. The number of halogens is 1. The highest BCUT2D eigenvalue weighted by Crippen LogP contribution is 2.40. The maximum absolute atomic E-state index is 12.8. The van der Waals surface area contributed by atoms with Gasteiger partial charge in [-0.15, -0.1) is 0 Å². The number of likely N-dealkylation sites (tertiary alicyclic amines) is 1. The summed E-state index contributed by atoms with van der Waals surface area (Å²) in [6.45, 7) is 3.06. The van der Waals surface area contributed by atoms with Gasteiger partial charge in [0.1, 0.15) is 11.3 Å². The van der Waals surface area contributed by atoms with E-state index in [-0.39, 0.29) is 18.4 Å². The van der Waals surface area contributed by atoms with Crippen LogP contribution in [0, 0.1) is 5.92 Å². The van der Waals surface area contributed by atoms with Crippen LogP contribution in [-0.2, 0) is 11.2 Å². The van der Waals surface area contributed by atoms with E-state index >= 15 is 0 Å². The van der Waals surface area contributed by atoms with E-state index in [1.54, 1.807) is 17.0 Å². The van der Waals surface area contributed by atoms with E-state index in [9.17, 15) is 14.7 Å². The average Bonchev–Trinajstić information content (AvgIpc) is 2.75. The van der Waals surface area contributed by atoms with Crippen LogP contribution in [0.5, 0.6) is 5.75 Å². The number of rotatable bonds is 6. The maximum atomic E-state index is 12.8. The van der Waals surface area contributed by atoms with Crippen LogP contribution in [0.2, 0.25) is 5.02 Å². The van der Waals surface area contributed by atoms with Gasteiger partial charge in [-0.1, -0.05) is 37.8 Å². The lowest BCUT2D eigenvalue weighted by molar-refractivity contribution is -0.145. The minimum Gasteiger partial charge on any atom is -0.482 e. The fourth-order valence-electron chi connectivity index (χ4n) is 4.94. The van der Waals surface area contributed by atoms with Crippen LogP contribution in [0.3, 0.4) is 0 Å². The van der Waals surface area contributed by atoms with E-state index in [0.29, 0.717) is 35.9 Å². The first kappa shape index (κ1) is 22.2. The van der Waals surface area contributed by atoms with Crippen molar-refractivity contribution in [2.45, 2.75) is 63.9 Å². The van der Waals surface area contributed by atoms with E-state index in [1.807, 2.05) is 0 Å². The van der Waals surface area contributed by atoms with Crippen molar-refractivity contribution < 1.29 is 19.1 Å². The number of aryl methyl sites for hydroxylation is 1. The molecule has 2 aromatic rings. The molecule has 1 aliphatic heterocycles. The van der Waals surface area contributed by atoms with Crippen molar-refractivity contribution in [3.05, 3.63) is 39.2 Å². The summed E-state index contributed by atoms with van der Waals surface area (Å²) in [5.74, 6) is 0.338. The molecular weight excluding hydrogens is 418 g/mol. The van der Waals surface area contributed by atoms with Gasteiger partial charge in [0.25, 0.3) is 5.91 Å². The average molecular weight is 448 g/mol. The molecule has 1 N–H and O–H groups in total. The number of hydrogen-bond donors (Lipinski definition) is 1. The van der Waals surface area contributed by atoms with Crippen molar-refractivity contribution >= 4 is 28.5 Å². The molecule has 1 aliphatic carbocycles. The van der Waals surface area contributed by atoms with Crippen molar-refractivity contribution in [2.24, 2.45) is 5.92 Å². The monoisotopic (exact) mass is 447 g/mol. The van der Waals surface area contributed by atoms with Crippen molar-refractivity contribution in [3.63, 3.8) is 0 Å². The number of unbranched alkanes of at least 4 members (excludes halogenated alkanes) is 1. The second kappa shape index (κ2) is 9.21. The van der Waals surface area contributed by atoms with Crippen molar-refractivity contribution in [1.29, 1.82) is 0 Å². The zero-order valence-electron chi connectivity index (χ0n) is 18.0. The van der Waals surface area contributed by atoms with Gasteiger partial charge in [0.15, 0.2) is 6.61 Å². The van der Waals surface area contributed by atoms with Crippen LogP contribution in [0.4, 0.5) is 0 Å². The van der Waals surface area contributed by atoms with Gasteiger partial charge in [-0.05, 0) is 43.7 Å². The Morgan fingerprint density at radius 3 is 2.97 bits per heavy atom.